The van der Waals surface area contributed by atoms with Gasteiger partial charge in [-0.25, -0.2) is 13.2 Å². The maximum absolute atomic E-state index is 12.6. The van der Waals surface area contributed by atoms with E-state index in [1.165, 1.54) is 22.5 Å². The Morgan fingerprint density at radius 2 is 1.89 bits per heavy atom. The Morgan fingerprint density at radius 1 is 1.21 bits per heavy atom. The third kappa shape index (κ3) is 4.67. The molecular formula is C19H22N2O6S. The van der Waals surface area contributed by atoms with Crippen LogP contribution >= 0.6 is 0 Å². The highest BCUT2D eigenvalue weighted by Gasteiger charge is 2.25. The van der Waals surface area contributed by atoms with Gasteiger partial charge >= 0.3 is 5.97 Å². The van der Waals surface area contributed by atoms with Crippen LogP contribution in [0.25, 0.3) is 6.08 Å². The van der Waals surface area contributed by atoms with Crippen LogP contribution in [0.2, 0.25) is 0 Å². The van der Waals surface area contributed by atoms with Crippen LogP contribution in [0.15, 0.2) is 39.8 Å². The van der Waals surface area contributed by atoms with Gasteiger partial charge in [0.25, 0.3) is 0 Å². The molecule has 0 aliphatic carbocycles. The van der Waals surface area contributed by atoms with Crippen LogP contribution in [0.4, 0.5) is 0 Å². The summed E-state index contributed by atoms with van der Waals surface area (Å²) in [6.07, 6.45) is 2.87. The topological polar surface area (TPSA) is 98.9 Å². The molecule has 2 aromatic rings. The molecule has 0 amide bonds. The molecule has 1 aromatic heterocycles. The molecule has 8 nitrogen and oxygen atoms in total. The minimum Gasteiger partial charge on any atom is -0.457 e. The number of aryl methyl sites for hydroxylation is 2. The Bertz CT molecular complexity index is 937. The highest BCUT2D eigenvalue weighted by Crippen LogP contribution is 2.18. The van der Waals surface area contributed by atoms with Crippen LogP contribution in [0, 0.1) is 13.8 Å². The number of carbonyl (C=O) groups is 1. The fourth-order valence-electron chi connectivity index (χ4n) is 2.75. The normalized spacial score (nSPS) is 15.8. The van der Waals surface area contributed by atoms with Crippen molar-refractivity contribution in [1.82, 2.24) is 9.46 Å². The number of benzene rings is 1. The van der Waals surface area contributed by atoms with Gasteiger partial charge in [0.2, 0.25) is 10.0 Å². The maximum Gasteiger partial charge on any atom is 0.331 e. The zero-order valence-electron chi connectivity index (χ0n) is 15.8. The fraction of sp³-hybridized carbons (Fsp3) is 0.368. The van der Waals surface area contributed by atoms with Crippen molar-refractivity contribution >= 4 is 22.1 Å². The van der Waals surface area contributed by atoms with E-state index < -0.39 is 16.0 Å². The smallest absolute Gasteiger partial charge is 0.331 e. The van der Waals surface area contributed by atoms with E-state index in [0.717, 1.165) is 5.56 Å². The van der Waals surface area contributed by atoms with Crippen molar-refractivity contribution < 1.29 is 27.2 Å². The largest absolute Gasteiger partial charge is 0.457 e. The predicted molar refractivity (Wildman–Crippen MR) is 101 cm³/mol. The fourth-order valence-corrected chi connectivity index (χ4v) is 4.16. The summed E-state index contributed by atoms with van der Waals surface area (Å²) >= 11 is 0. The van der Waals surface area contributed by atoms with Crippen LogP contribution in [-0.2, 0) is 30.9 Å². The second kappa shape index (κ2) is 8.68. The molecule has 0 spiro atoms. The molecule has 150 valence electrons. The van der Waals surface area contributed by atoms with Gasteiger partial charge in [0.05, 0.1) is 29.4 Å². The first-order chi connectivity index (χ1) is 13.4. The van der Waals surface area contributed by atoms with Crippen molar-refractivity contribution in [1.29, 1.82) is 0 Å². The average Bonchev–Trinajstić information content (AvgIpc) is 3.03. The third-order valence-electron chi connectivity index (χ3n) is 4.44. The number of carbonyl (C=O) groups excluding carboxylic acids is 1. The predicted octanol–water partition coefficient (Wildman–Crippen LogP) is 2.07. The Morgan fingerprint density at radius 3 is 2.50 bits per heavy atom. The van der Waals surface area contributed by atoms with E-state index in [9.17, 15) is 13.2 Å². The Kier molecular flexibility index (Phi) is 6.28. The molecule has 1 saturated heterocycles. The molecule has 1 aliphatic heterocycles. The number of sulfonamides is 1. The summed E-state index contributed by atoms with van der Waals surface area (Å²) in [5.41, 5.74) is 2.13. The van der Waals surface area contributed by atoms with Gasteiger partial charge in [-0.15, -0.1) is 0 Å². The first-order valence-corrected chi connectivity index (χ1v) is 10.3. The van der Waals surface area contributed by atoms with Crippen LogP contribution in [0.1, 0.15) is 22.6 Å². The lowest BCUT2D eigenvalue weighted by molar-refractivity contribution is -0.138. The third-order valence-corrected chi connectivity index (χ3v) is 6.35. The molecule has 0 saturated carbocycles. The monoisotopic (exact) mass is 406 g/mol. The lowest BCUT2D eigenvalue weighted by Crippen LogP contribution is -2.40. The molecule has 0 unspecified atom stereocenters. The van der Waals surface area contributed by atoms with Crippen molar-refractivity contribution in [2.75, 3.05) is 26.3 Å². The zero-order valence-corrected chi connectivity index (χ0v) is 16.6. The van der Waals surface area contributed by atoms with E-state index in [4.69, 9.17) is 14.0 Å². The van der Waals surface area contributed by atoms with Crippen LogP contribution < -0.4 is 0 Å². The van der Waals surface area contributed by atoms with Gasteiger partial charge < -0.3 is 14.0 Å². The van der Waals surface area contributed by atoms with E-state index in [1.54, 1.807) is 32.1 Å². The molecule has 2 heterocycles. The standard InChI is InChI=1S/C19H22N2O6S/c1-14-18(15(2)27-20-14)13-26-19(22)8-5-16-3-6-17(7-4-16)28(23,24)21-9-11-25-12-10-21/h3-8H,9-13H2,1-2H3. The summed E-state index contributed by atoms with van der Waals surface area (Å²) in [5.74, 6) is 0.108. The van der Waals surface area contributed by atoms with Crippen molar-refractivity contribution in [3.05, 3.63) is 52.9 Å². The number of esters is 1. The average molecular weight is 406 g/mol. The van der Waals surface area contributed by atoms with E-state index >= 15 is 0 Å². The van der Waals surface area contributed by atoms with E-state index in [0.29, 0.717) is 43.3 Å². The second-order valence-corrected chi connectivity index (χ2v) is 8.27. The molecule has 9 heteroatoms. The molecule has 1 fully saturated rings. The van der Waals surface area contributed by atoms with E-state index in [1.807, 2.05) is 0 Å². The number of rotatable bonds is 6. The maximum atomic E-state index is 12.6. The zero-order chi connectivity index (χ0) is 20.1. The van der Waals surface area contributed by atoms with Crippen molar-refractivity contribution in [2.45, 2.75) is 25.3 Å². The van der Waals surface area contributed by atoms with Gasteiger partial charge in [-0.2, -0.15) is 4.31 Å². The molecule has 0 bridgehead atoms. The SMILES string of the molecule is Cc1noc(C)c1COC(=O)C=Cc1ccc(S(=O)(=O)N2CCOCC2)cc1. The number of hydrogen-bond donors (Lipinski definition) is 0. The molecular weight excluding hydrogens is 384 g/mol. The van der Waals surface area contributed by atoms with Crippen molar-refractivity contribution in [3.63, 3.8) is 0 Å². The van der Waals surface area contributed by atoms with E-state index in [2.05, 4.69) is 5.16 Å². The number of morpholine rings is 1. The van der Waals surface area contributed by atoms with Gasteiger partial charge in [-0.3, -0.25) is 0 Å². The Labute approximate surface area is 163 Å². The summed E-state index contributed by atoms with van der Waals surface area (Å²) in [5, 5.41) is 3.81. The minimum absolute atomic E-state index is 0.0844. The molecule has 0 radical (unpaired) electrons. The lowest BCUT2D eigenvalue weighted by Gasteiger charge is -2.26. The molecule has 1 aliphatic rings. The highest BCUT2D eigenvalue weighted by atomic mass is 32.2. The van der Waals surface area contributed by atoms with Crippen molar-refractivity contribution in [3.8, 4) is 0 Å². The minimum atomic E-state index is -3.53. The summed E-state index contributed by atoms with van der Waals surface area (Å²) in [4.78, 5) is 12.1. The number of ether oxygens (including phenoxy) is 2. The van der Waals surface area contributed by atoms with Crippen LogP contribution in [-0.4, -0.2) is 50.2 Å². The van der Waals surface area contributed by atoms with Gasteiger partial charge in [0.15, 0.2) is 0 Å². The quantitative estimate of drug-likeness (QED) is 0.535. The summed E-state index contributed by atoms with van der Waals surface area (Å²) < 4.78 is 42.0. The number of nitrogens with zero attached hydrogens (tertiary/aromatic N) is 2. The van der Waals surface area contributed by atoms with Gasteiger partial charge in [-0.05, 0) is 37.6 Å². The first-order valence-electron chi connectivity index (χ1n) is 8.82. The molecule has 0 N–H and O–H groups in total. The lowest BCUT2D eigenvalue weighted by atomic mass is 10.2. The Balaban J connectivity index is 1.59. The van der Waals surface area contributed by atoms with Crippen molar-refractivity contribution in [2.24, 2.45) is 0 Å². The van der Waals surface area contributed by atoms with Crippen LogP contribution in [0.5, 0.6) is 0 Å². The summed E-state index contributed by atoms with van der Waals surface area (Å²) in [6.45, 7) is 5.11. The van der Waals surface area contributed by atoms with E-state index in [-0.39, 0.29) is 11.5 Å². The molecule has 1 aromatic carbocycles. The Hall–Kier alpha value is -2.49. The van der Waals surface area contributed by atoms with Gasteiger partial charge in [0, 0.05) is 19.2 Å². The summed E-state index contributed by atoms with van der Waals surface area (Å²) in [7, 11) is -3.53. The van der Waals surface area contributed by atoms with Gasteiger partial charge in [-0.1, -0.05) is 17.3 Å². The molecule has 28 heavy (non-hydrogen) atoms. The number of hydrogen-bond acceptors (Lipinski definition) is 7. The van der Waals surface area contributed by atoms with Crippen LogP contribution in [0.3, 0.4) is 0 Å². The number of aromatic nitrogens is 1. The first kappa shape index (κ1) is 20.2. The molecule has 3 rings (SSSR count). The highest BCUT2D eigenvalue weighted by molar-refractivity contribution is 7.89. The summed E-state index contributed by atoms with van der Waals surface area (Å²) in [6, 6.07) is 6.34. The molecule has 0 atom stereocenters. The second-order valence-electron chi connectivity index (χ2n) is 6.33. The van der Waals surface area contributed by atoms with Gasteiger partial charge in [0.1, 0.15) is 12.4 Å².